The van der Waals surface area contributed by atoms with E-state index >= 15 is 0 Å². The molecule has 0 radical (unpaired) electrons. The molecule has 2 heterocycles. The first kappa shape index (κ1) is 19.4. The van der Waals surface area contributed by atoms with Crippen LogP contribution in [0.1, 0.15) is 38.8 Å². The Balaban J connectivity index is 1.34. The molecule has 4 fully saturated rings. The second-order valence-electron chi connectivity index (χ2n) is 8.43. The van der Waals surface area contributed by atoms with Crippen molar-refractivity contribution in [2.45, 2.75) is 63.1 Å². The Kier molecular flexibility index (Phi) is 4.33. The molecule has 4 aliphatic rings. The smallest absolute Gasteiger partial charge is 0.359 e. The minimum absolute atomic E-state index is 0.0765. The van der Waals surface area contributed by atoms with E-state index in [1.807, 2.05) is 0 Å². The van der Waals surface area contributed by atoms with E-state index in [-0.39, 0.29) is 30.0 Å². The molecule has 1 aromatic heterocycles. The quantitative estimate of drug-likeness (QED) is 0.742. The Labute approximate surface area is 159 Å². The lowest BCUT2D eigenvalue weighted by Crippen LogP contribution is -2.65. The SMILES string of the molecule is C[C@@H](Nc1cc(C23CC(CF)(C2)C3)ncn1)C(=O)N1C[C@H](OC(F)(F)F)[C@@H]1C. The molecule has 28 heavy (non-hydrogen) atoms. The molecule has 0 spiro atoms. The van der Waals surface area contributed by atoms with E-state index in [0.29, 0.717) is 5.82 Å². The highest BCUT2D eigenvalue weighted by Gasteiger charge is 2.69. The first-order valence-electron chi connectivity index (χ1n) is 9.27. The molecular weight excluding hydrogens is 380 g/mol. The van der Waals surface area contributed by atoms with E-state index in [1.165, 1.54) is 18.2 Å². The highest BCUT2D eigenvalue weighted by Crippen LogP contribution is 2.73. The number of rotatable bonds is 6. The third kappa shape index (κ3) is 3.11. The van der Waals surface area contributed by atoms with Crippen LogP contribution in [0, 0.1) is 5.41 Å². The van der Waals surface area contributed by atoms with Gasteiger partial charge >= 0.3 is 6.36 Å². The second-order valence-corrected chi connectivity index (χ2v) is 8.43. The summed E-state index contributed by atoms with van der Waals surface area (Å²) in [6, 6.07) is 0.458. The Morgan fingerprint density at radius 3 is 2.64 bits per heavy atom. The van der Waals surface area contributed by atoms with Crippen LogP contribution in [0.15, 0.2) is 12.4 Å². The monoisotopic (exact) mass is 402 g/mol. The molecule has 0 aromatic carbocycles. The lowest BCUT2D eigenvalue weighted by Gasteiger charge is -2.69. The van der Waals surface area contributed by atoms with Crippen LogP contribution in [0.4, 0.5) is 23.4 Å². The number of halogens is 4. The lowest BCUT2D eigenvalue weighted by atomic mass is 9.34. The van der Waals surface area contributed by atoms with Gasteiger partial charge < -0.3 is 10.2 Å². The zero-order chi connectivity index (χ0) is 20.3. The summed E-state index contributed by atoms with van der Waals surface area (Å²) < 4.78 is 53.9. The third-order valence-corrected chi connectivity index (χ3v) is 6.34. The van der Waals surface area contributed by atoms with Crippen LogP contribution in [-0.2, 0) is 14.9 Å². The van der Waals surface area contributed by atoms with Gasteiger partial charge in [-0.1, -0.05) is 0 Å². The molecule has 1 N–H and O–H groups in total. The molecule has 3 aliphatic carbocycles. The zero-order valence-electron chi connectivity index (χ0n) is 15.6. The molecule has 154 valence electrons. The van der Waals surface area contributed by atoms with E-state index in [0.717, 1.165) is 25.0 Å². The number of ether oxygens (including phenoxy) is 1. The maximum atomic E-state index is 13.0. The summed E-state index contributed by atoms with van der Waals surface area (Å²) in [6.45, 7) is 2.75. The van der Waals surface area contributed by atoms with Crippen molar-refractivity contribution in [3.05, 3.63) is 18.1 Å². The van der Waals surface area contributed by atoms with Gasteiger partial charge in [-0.05, 0) is 33.1 Å². The summed E-state index contributed by atoms with van der Waals surface area (Å²) in [4.78, 5) is 22.3. The molecule has 1 saturated heterocycles. The summed E-state index contributed by atoms with van der Waals surface area (Å²) in [5.74, 6) is 0.151. The fourth-order valence-electron chi connectivity index (χ4n) is 4.84. The van der Waals surface area contributed by atoms with Gasteiger partial charge in [0, 0.05) is 23.4 Å². The van der Waals surface area contributed by atoms with Gasteiger partial charge in [-0.25, -0.2) is 9.97 Å². The minimum atomic E-state index is -4.71. The number of amides is 1. The number of carbonyl (C=O) groups is 1. The summed E-state index contributed by atoms with van der Waals surface area (Å²) in [5.41, 5.74) is 0.605. The maximum Gasteiger partial charge on any atom is 0.522 e. The predicted octanol–water partition coefficient (Wildman–Crippen LogP) is 2.80. The molecule has 2 bridgehead atoms. The number of carbonyl (C=O) groups excluding carboxylic acids is 1. The Hall–Kier alpha value is -1.97. The van der Waals surface area contributed by atoms with E-state index < -0.39 is 24.6 Å². The van der Waals surface area contributed by atoms with Crippen molar-refractivity contribution in [3.63, 3.8) is 0 Å². The molecule has 3 saturated carbocycles. The van der Waals surface area contributed by atoms with Gasteiger partial charge in [0.25, 0.3) is 0 Å². The average molecular weight is 402 g/mol. The molecule has 1 aromatic rings. The Morgan fingerprint density at radius 2 is 2.07 bits per heavy atom. The van der Waals surface area contributed by atoms with Gasteiger partial charge in [-0.2, -0.15) is 0 Å². The van der Waals surface area contributed by atoms with Crippen molar-refractivity contribution in [2.24, 2.45) is 5.41 Å². The van der Waals surface area contributed by atoms with Crippen LogP contribution in [-0.4, -0.2) is 58.5 Å². The standard InChI is InChI=1S/C18H22F4N4O2/c1-10(15(27)26-4-12(11(26)2)28-18(20,21)22)25-14-3-13(23-9-24-14)17-5-16(6-17,7-17)8-19/h3,9-12H,4-8H2,1-2H3,(H,23,24,25)/t10-,11+,12+,16?,17?/m1/s1. The number of likely N-dealkylation sites (tertiary alicyclic amines) is 1. The topological polar surface area (TPSA) is 67.4 Å². The first-order chi connectivity index (χ1) is 13.1. The second kappa shape index (κ2) is 6.27. The molecule has 5 rings (SSSR count). The van der Waals surface area contributed by atoms with E-state index in [9.17, 15) is 22.4 Å². The fourth-order valence-corrected chi connectivity index (χ4v) is 4.84. The van der Waals surface area contributed by atoms with Gasteiger partial charge in [0.1, 0.15) is 24.3 Å². The number of hydrogen-bond acceptors (Lipinski definition) is 5. The van der Waals surface area contributed by atoms with E-state index in [2.05, 4.69) is 20.0 Å². The molecule has 10 heteroatoms. The fraction of sp³-hybridized carbons (Fsp3) is 0.722. The number of alkyl halides is 4. The van der Waals surface area contributed by atoms with Gasteiger partial charge in [0.15, 0.2) is 0 Å². The number of aromatic nitrogens is 2. The van der Waals surface area contributed by atoms with Crippen molar-refractivity contribution in [1.29, 1.82) is 0 Å². The number of anilines is 1. The molecule has 3 atom stereocenters. The highest BCUT2D eigenvalue weighted by molar-refractivity contribution is 5.85. The molecule has 1 aliphatic heterocycles. The van der Waals surface area contributed by atoms with Crippen LogP contribution < -0.4 is 5.32 Å². The Bertz CT molecular complexity index is 767. The predicted molar refractivity (Wildman–Crippen MR) is 91.2 cm³/mol. The van der Waals surface area contributed by atoms with Gasteiger partial charge in [-0.15, -0.1) is 13.2 Å². The van der Waals surface area contributed by atoms with Gasteiger partial charge in [0.05, 0.1) is 18.4 Å². The molecule has 0 unspecified atom stereocenters. The maximum absolute atomic E-state index is 13.0. The normalized spacial score (nSPS) is 34.7. The zero-order valence-corrected chi connectivity index (χ0v) is 15.6. The van der Waals surface area contributed by atoms with Gasteiger partial charge in [-0.3, -0.25) is 13.9 Å². The first-order valence-corrected chi connectivity index (χ1v) is 9.27. The van der Waals surface area contributed by atoms with Crippen LogP contribution in [0.5, 0.6) is 0 Å². The minimum Gasteiger partial charge on any atom is -0.359 e. The molecule has 6 nitrogen and oxygen atoms in total. The van der Waals surface area contributed by atoms with Gasteiger partial charge in [0.2, 0.25) is 5.91 Å². The Morgan fingerprint density at radius 1 is 1.39 bits per heavy atom. The van der Waals surface area contributed by atoms with Crippen LogP contribution in [0.25, 0.3) is 0 Å². The lowest BCUT2D eigenvalue weighted by molar-refractivity contribution is -0.359. The van der Waals surface area contributed by atoms with Crippen LogP contribution >= 0.6 is 0 Å². The van der Waals surface area contributed by atoms with E-state index in [4.69, 9.17) is 0 Å². The third-order valence-electron chi connectivity index (χ3n) is 6.34. The van der Waals surface area contributed by atoms with Crippen LogP contribution in [0.3, 0.4) is 0 Å². The summed E-state index contributed by atoms with van der Waals surface area (Å²) in [6.07, 6.45) is -1.99. The summed E-state index contributed by atoms with van der Waals surface area (Å²) in [5, 5.41) is 3.00. The van der Waals surface area contributed by atoms with Crippen molar-refractivity contribution < 1.29 is 27.1 Å². The van der Waals surface area contributed by atoms with Crippen molar-refractivity contribution in [1.82, 2.24) is 14.9 Å². The summed E-state index contributed by atoms with van der Waals surface area (Å²) in [7, 11) is 0. The molecule has 1 amide bonds. The largest absolute Gasteiger partial charge is 0.522 e. The van der Waals surface area contributed by atoms with E-state index in [1.54, 1.807) is 13.0 Å². The average Bonchev–Trinajstić information content (AvgIpc) is 2.55. The van der Waals surface area contributed by atoms with Crippen molar-refractivity contribution in [2.75, 3.05) is 18.5 Å². The van der Waals surface area contributed by atoms with Crippen molar-refractivity contribution >= 4 is 11.7 Å². The van der Waals surface area contributed by atoms with Crippen molar-refractivity contribution in [3.8, 4) is 0 Å². The molecular formula is C18H22F4N4O2. The number of nitrogens with one attached hydrogen (secondary N) is 1. The highest BCUT2D eigenvalue weighted by atomic mass is 19.4. The summed E-state index contributed by atoms with van der Waals surface area (Å²) >= 11 is 0. The number of hydrogen-bond donors (Lipinski definition) is 1. The van der Waals surface area contributed by atoms with Crippen LogP contribution in [0.2, 0.25) is 0 Å². The number of nitrogens with zero attached hydrogens (tertiary/aromatic N) is 3.